The van der Waals surface area contributed by atoms with Gasteiger partial charge in [0, 0.05) is 30.5 Å². The van der Waals surface area contributed by atoms with Crippen LogP contribution in [0.4, 0.5) is 11.4 Å². The molecule has 3 rings (SSSR count). The van der Waals surface area contributed by atoms with Gasteiger partial charge in [-0.15, -0.1) is 0 Å². The molecule has 8 heteroatoms. The summed E-state index contributed by atoms with van der Waals surface area (Å²) in [5.41, 5.74) is 7.89. The van der Waals surface area contributed by atoms with Gasteiger partial charge in [0.25, 0.3) is 0 Å². The molecule has 3 aromatic carbocycles. The zero-order valence-corrected chi connectivity index (χ0v) is 21.0. The minimum Gasteiger partial charge on any atom is -0.496 e. The maximum Gasteiger partial charge on any atom is 0.331 e. The Morgan fingerprint density at radius 3 is 2.48 bits per heavy atom. The molecule has 2 N–H and O–H groups in total. The lowest BCUT2D eigenvalue weighted by atomic mass is 9.95. The van der Waals surface area contributed by atoms with Gasteiger partial charge in [0.15, 0.2) is 6.61 Å². The molecule has 0 atom stereocenters. The van der Waals surface area contributed by atoms with Crippen molar-refractivity contribution in [2.24, 2.45) is 0 Å². The van der Waals surface area contributed by atoms with Gasteiger partial charge in [-0.05, 0) is 72.5 Å². The fourth-order valence-corrected chi connectivity index (χ4v) is 3.85. The zero-order chi connectivity index (χ0) is 23.1. The van der Waals surface area contributed by atoms with Gasteiger partial charge in [-0.3, -0.25) is 8.49 Å². The van der Waals surface area contributed by atoms with Crippen LogP contribution < -0.4 is 14.4 Å². The highest BCUT2D eigenvalue weighted by Gasteiger charge is 2.10. The molecule has 176 valence electrons. The number of methoxy groups -OCH3 is 1. The molecule has 0 saturated heterocycles. The maximum atomic E-state index is 10.6. The number of benzene rings is 3. The molecule has 0 saturated carbocycles. The van der Waals surface area contributed by atoms with Gasteiger partial charge in [-0.25, -0.2) is 4.79 Å². The normalized spacial score (nSPS) is 10.3. The SMILES string of the molecule is COc1ccc(-c2cccc(C)c2C)cc1CNc1ccc(N(C)SOCC(=O)O)cc1.S. The molecule has 0 unspecified atom stereocenters. The minimum absolute atomic E-state index is 0. The highest BCUT2D eigenvalue weighted by molar-refractivity contribution is 7.96. The summed E-state index contributed by atoms with van der Waals surface area (Å²) >= 11 is 0.996. The number of hydrogen-bond acceptors (Lipinski definition) is 6. The predicted octanol–water partition coefficient (Wildman–Crippen LogP) is 5.80. The molecule has 3 aromatic rings. The van der Waals surface area contributed by atoms with Crippen LogP contribution in [0.15, 0.2) is 60.7 Å². The van der Waals surface area contributed by atoms with Crippen molar-refractivity contribution < 1.29 is 18.8 Å². The molecule has 0 amide bonds. The van der Waals surface area contributed by atoms with E-state index in [0.29, 0.717) is 6.54 Å². The van der Waals surface area contributed by atoms with Crippen LogP contribution >= 0.6 is 25.7 Å². The Hall–Kier alpha value is -2.81. The second-order valence-corrected chi connectivity index (χ2v) is 8.33. The van der Waals surface area contributed by atoms with Gasteiger partial charge >= 0.3 is 5.97 Å². The van der Waals surface area contributed by atoms with Gasteiger partial charge in [-0.2, -0.15) is 13.5 Å². The van der Waals surface area contributed by atoms with E-state index >= 15 is 0 Å². The number of ether oxygens (including phenoxy) is 1. The molecule has 0 aliphatic rings. The number of carbonyl (C=O) groups is 1. The standard InChI is InChI=1S/C25H28N2O4S.H2S/c1-17-6-5-7-23(18(17)2)19-8-13-24(30-4)20(14-19)15-26-21-9-11-22(12-10-21)27(3)32-31-16-25(28)29;/h5-14,26H,15-16H2,1-4H3,(H,28,29);1H2. The Kier molecular flexibility index (Phi) is 9.96. The second kappa shape index (κ2) is 12.4. The molecular formula is C25H30N2O4S2. The van der Waals surface area contributed by atoms with E-state index in [4.69, 9.17) is 14.0 Å². The van der Waals surface area contributed by atoms with E-state index in [-0.39, 0.29) is 20.1 Å². The Labute approximate surface area is 206 Å². The van der Waals surface area contributed by atoms with Gasteiger partial charge in [0.2, 0.25) is 0 Å². The monoisotopic (exact) mass is 486 g/mol. The lowest BCUT2D eigenvalue weighted by molar-refractivity contribution is -0.138. The average molecular weight is 487 g/mol. The summed E-state index contributed by atoms with van der Waals surface area (Å²) in [7, 11) is 3.50. The first kappa shape index (κ1) is 26.4. The lowest BCUT2D eigenvalue weighted by Crippen LogP contribution is -2.11. The average Bonchev–Trinajstić information content (AvgIpc) is 2.79. The summed E-state index contributed by atoms with van der Waals surface area (Å²) in [6.07, 6.45) is 0. The molecule has 0 bridgehead atoms. The van der Waals surface area contributed by atoms with Crippen molar-refractivity contribution in [2.45, 2.75) is 20.4 Å². The highest BCUT2D eigenvalue weighted by Crippen LogP contribution is 2.31. The van der Waals surface area contributed by atoms with Crippen LogP contribution in [0.5, 0.6) is 5.75 Å². The topological polar surface area (TPSA) is 71.0 Å². The third-order valence-corrected chi connectivity index (χ3v) is 5.91. The number of carboxylic acids is 1. The minimum atomic E-state index is -0.998. The van der Waals surface area contributed by atoms with Crippen molar-refractivity contribution >= 4 is 43.1 Å². The van der Waals surface area contributed by atoms with Gasteiger partial charge in [0.1, 0.15) is 18.0 Å². The molecule has 0 aliphatic carbocycles. The summed E-state index contributed by atoms with van der Waals surface area (Å²) in [5, 5.41) is 12.1. The number of aryl methyl sites for hydroxylation is 1. The van der Waals surface area contributed by atoms with Crippen molar-refractivity contribution in [3.8, 4) is 16.9 Å². The number of anilines is 2. The molecule has 6 nitrogen and oxygen atoms in total. The number of rotatable bonds is 10. The Morgan fingerprint density at radius 1 is 1.09 bits per heavy atom. The van der Waals surface area contributed by atoms with E-state index in [2.05, 4.69) is 49.5 Å². The molecule has 33 heavy (non-hydrogen) atoms. The van der Waals surface area contributed by atoms with E-state index in [9.17, 15) is 4.79 Å². The number of carboxylic acid groups (broad SMARTS) is 1. The van der Waals surface area contributed by atoms with Crippen molar-refractivity contribution in [1.82, 2.24) is 0 Å². The third-order valence-electron chi connectivity index (χ3n) is 5.26. The van der Waals surface area contributed by atoms with E-state index in [1.54, 1.807) is 11.4 Å². The molecule has 0 spiro atoms. The molecule has 0 aromatic heterocycles. The highest BCUT2D eigenvalue weighted by atomic mass is 32.2. The van der Waals surface area contributed by atoms with Crippen molar-refractivity contribution in [1.29, 1.82) is 0 Å². The van der Waals surface area contributed by atoms with Crippen LogP contribution in [-0.2, 0) is 15.5 Å². The number of nitrogens with one attached hydrogen (secondary N) is 1. The van der Waals surface area contributed by atoms with Crippen LogP contribution in [0.3, 0.4) is 0 Å². The molecule has 0 aliphatic heterocycles. The lowest BCUT2D eigenvalue weighted by Gasteiger charge is -2.17. The summed E-state index contributed by atoms with van der Waals surface area (Å²) in [4.78, 5) is 10.6. The first-order valence-electron chi connectivity index (χ1n) is 10.2. The Morgan fingerprint density at radius 2 is 1.82 bits per heavy atom. The molecular weight excluding hydrogens is 456 g/mol. The predicted molar refractivity (Wildman–Crippen MR) is 142 cm³/mol. The fraction of sp³-hybridized carbons (Fsp3) is 0.240. The summed E-state index contributed by atoms with van der Waals surface area (Å²) < 4.78 is 12.4. The van der Waals surface area contributed by atoms with Crippen LogP contribution in [-0.4, -0.2) is 31.8 Å². The van der Waals surface area contributed by atoms with Crippen molar-refractivity contribution in [2.75, 3.05) is 30.4 Å². The van der Waals surface area contributed by atoms with E-state index in [0.717, 1.165) is 34.9 Å². The van der Waals surface area contributed by atoms with Gasteiger partial charge < -0.3 is 15.2 Å². The summed E-state index contributed by atoms with van der Waals surface area (Å²) in [6, 6.07) is 20.5. The Bertz CT molecular complexity index is 1070. The fourth-order valence-electron chi connectivity index (χ4n) is 3.33. The smallest absolute Gasteiger partial charge is 0.331 e. The van der Waals surface area contributed by atoms with Crippen LogP contribution in [0.25, 0.3) is 11.1 Å². The number of hydrogen-bond donors (Lipinski definition) is 2. The maximum absolute atomic E-state index is 10.6. The van der Waals surface area contributed by atoms with Crippen molar-refractivity contribution in [3.05, 3.63) is 77.4 Å². The quantitative estimate of drug-likeness (QED) is 0.277. The first-order valence-corrected chi connectivity index (χ1v) is 10.9. The van der Waals surface area contributed by atoms with Crippen LogP contribution in [0, 0.1) is 13.8 Å². The van der Waals surface area contributed by atoms with Crippen LogP contribution in [0.1, 0.15) is 16.7 Å². The third kappa shape index (κ3) is 7.08. The zero-order valence-electron chi connectivity index (χ0n) is 19.2. The second-order valence-electron chi connectivity index (χ2n) is 7.40. The number of aliphatic carboxylic acids is 1. The first-order chi connectivity index (χ1) is 15.4. The van der Waals surface area contributed by atoms with Crippen molar-refractivity contribution in [3.63, 3.8) is 0 Å². The summed E-state index contributed by atoms with van der Waals surface area (Å²) in [5.74, 6) is -0.155. The van der Waals surface area contributed by atoms with Crippen LogP contribution in [0.2, 0.25) is 0 Å². The van der Waals surface area contributed by atoms with Gasteiger partial charge in [-0.1, -0.05) is 24.3 Å². The van der Waals surface area contributed by atoms with E-state index < -0.39 is 5.97 Å². The molecule has 0 heterocycles. The molecule has 0 fully saturated rings. The van der Waals surface area contributed by atoms with E-state index in [1.165, 1.54) is 22.3 Å². The summed E-state index contributed by atoms with van der Waals surface area (Å²) in [6.45, 7) is 4.55. The van der Waals surface area contributed by atoms with Gasteiger partial charge in [0.05, 0.1) is 7.11 Å². The molecule has 0 radical (unpaired) electrons. The number of nitrogens with zero attached hydrogens (tertiary/aromatic N) is 1. The Balaban J connectivity index is 0.00000385. The van der Waals surface area contributed by atoms with E-state index in [1.807, 2.05) is 37.4 Å². The largest absolute Gasteiger partial charge is 0.496 e.